The first-order valence-corrected chi connectivity index (χ1v) is 6.42. The monoisotopic (exact) mass is 278 g/mol. The number of carboxylic acid groups (broad SMARTS) is 1. The van der Waals surface area contributed by atoms with E-state index >= 15 is 0 Å². The molecule has 0 fully saturated rings. The number of aliphatic carboxylic acids is 1. The van der Waals surface area contributed by atoms with Crippen LogP contribution in [0.25, 0.3) is 0 Å². The van der Waals surface area contributed by atoms with Gasteiger partial charge in [0, 0.05) is 25.2 Å². The number of benzene rings is 1. The molecule has 1 aromatic carbocycles. The molecule has 108 valence electrons. The molecule has 2 rings (SSSR count). The first kappa shape index (κ1) is 14.5. The normalized spacial score (nSPS) is 16.3. The molecule has 1 aromatic rings. The number of carbonyl (C=O) groups excluding carboxylic acids is 1. The molecule has 4 N–H and O–H groups in total. The minimum absolute atomic E-state index is 0.104. The van der Waals surface area contributed by atoms with Crippen LogP contribution in [0.2, 0.25) is 0 Å². The van der Waals surface area contributed by atoms with Crippen molar-refractivity contribution in [1.29, 1.82) is 0 Å². The summed E-state index contributed by atoms with van der Waals surface area (Å²) in [5, 5.41) is 24.2. The number of fused-ring (bicyclic) bond motifs is 1. The number of rotatable bonds is 5. The molecule has 1 amide bonds. The zero-order valence-corrected chi connectivity index (χ0v) is 11.3. The number of nitrogens with one attached hydrogen (secondary N) is 2. The number of hydrogen-bond donors (Lipinski definition) is 4. The van der Waals surface area contributed by atoms with Crippen LogP contribution in [0.15, 0.2) is 18.2 Å². The largest absolute Gasteiger partial charge is 0.481 e. The van der Waals surface area contributed by atoms with Crippen LogP contribution in [0.1, 0.15) is 34.8 Å². The third-order valence-corrected chi connectivity index (χ3v) is 3.26. The Bertz CT molecular complexity index is 540. The highest BCUT2D eigenvalue weighted by Gasteiger charge is 2.25. The van der Waals surface area contributed by atoms with Crippen molar-refractivity contribution in [1.82, 2.24) is 10.6 Å². The second-order valence-electron chi connectivity index (χ2n) is 5.34. The Morgan fingerprint density at radius 3 is 2.75 bits per heavy atom. The summed E-state index contributed by atoms with van der Waals surface area (Å²) >= 11 is 0. The topological polar surface area (TPSA) is 98.7 Å². The molecule has 0 saturated heterocycles. The highest BCUT2D eigenvalue weighted by molar-refractivity contribution is 5.94. The van der Waals surface area contributed by atoms with Gasteiger partial charge in [-0.15, -0.1) is 0 Å². The molecule has 6 nitrogen and oxygen atoms in total. The average molecular weight is 278 g/mol. The second kappa shape index (κ2) is 5.60. The van der Waals surface area contributed by atoms with E-state index in [0.29, 0.717) is 5.56 Å². The third kappa shape index (κ3) is 3.55. The Morgan fingerprint density at radius 1 is 1.35 bits per heavy atom. The fourth-order valence-electron chi connectivity index (χ4n) is 2.20. The van der Waals surface area contributed by atoms with Gasteiger partial charge in [-0.05, 0) is 30.2 Å². The Balaban J connectivity index is 1.97. The van der Waals surface area contributed by atoms with Crippen molar-refractivity contribution in [3.63, 3.8) is 0 Å². The predicted octanol–water partition coefficient (Wildman–Crippen LogP) is 0.245. The first-order chi connectivity index (χ1) is 9.37. The molecule has 0 aromatic heterocycles. The van der Waals surface area contributed by atoms with Gasteiger partial charge in [0.2, 0.25) is 0 Å². The Hall–Kier alpha value is -1.92. The van der Waals surface area contributed by atoms with Gasteiger partial charge in [-0.3, -0.25) is 9.59 Å². The van der Waals surface area contributed by atoms with Gasteiger partial charge in [-0.2, -0.15) is 0 Å². The average Bonchev–Trinajstić information content (AvgIpc) is 2.81. The molecule has 0 bridgehead atoms. The van der Waals surface area contributed by atoms with Crippen LogP contribution in [0.4, 0.5) is 0 Å². The van der Waals surface area contributed by atoms with Crippen molar-refractivity contribution < 1.29 is 19.8 Å². The SMILES string of the molecule is CC(O)(CNC(=O)c1ccc2c(c1)CNC2)CC(=O)O. The van der Waals surface area contributed by atoms with Crippen LogP contribution in [0, 0.1) is 0 Å². The van der Waals surface area contributed by atoms with E-state index in [2.05, 4.69) is 10.6 Å². The Labute approximate surface area is 116 Å². The lowest BCUT2D eigenvalue weighted by atomic mass is 10.0. The van der Waals surface area contributed by atoms with Gasteiger partial charge >= 0.3 is 5.97 Å². The molecule has 0 radical (unpaired) electrons. The second-order valence-corrected chi connectivity index (χ2v) is 5.34. The summed E-state index contributed by atoms with van der Waals surface area (Å²) in [5.74, 6) is -1.42. The van der Waals surface area contributed by atoms with Crippen LogP contribution in [-0.4, -0.2) is 34.2 Å². The lowest BCUT2D eigenvalue weighted by Gasteiger charge is -2.21. The van der Waals surface area contributed by atoms with E-state index in [1.54, 1.807) is 6.07 Å². The summed E-state index contributed by atoms with van der Waals surface area (Å²) < 4.78 is 0. The van der Waals surface area contributed by atoms with E-state index in [0.717, 1.165) is 18.7 Å². The lowest BCUT2D eigenvalue weighted by molar-refractivity contribution is -0.141. The van der Waals surface area contributed by atoms with E-state index in [-0.39, 0.29) is 12.5 Å². The van der Waals surface area contributed by atoms with Crippen LogP contribution in [0.3, 0.4) is 0 Å². The zero-order chi connectivity index (χ0) is 14.8. The van der Waals surface area contributed by atoms with Crippen molar-refractivity contribution in [2.24, 2.45) is 0 Å². The molecular weight excluding hydrogens is 260 g/mol. The van der Waals surface area contributed by atoms with Crippen LogP contribution in [-0.2, 0) is 17.9 Å². The number of carbonyl (C=O) groups is 2. The Morgan fingerprint density at radius 2 is 2.05 bits per heavy atom. The molecule has 1 aliphatic heterocycles. The molecule has 0 spiro atoms. The van der Waals surface area contributed by atoms with Crippen molar-refractivity contribution >= 4 is 11.9 Å². The molecular formula is C14H18N2O4. The van der Waals surface area contributed by atoms with Crippen molar-refractivity contribution in [3.05, 3.63) is 34.9 Å². The van der Waals surface area contributed by atoms with Gasteiger partial charge in [-0.1, -0.05) is 6.07 Å². The van der Waals surface area contributed by atoms with E-state index < -0.39 is 18.0 Å². The van der Waals surface area contributed by atoms with E-state index in [1.165, 1.54) is 12.5 Å². The number of amides is 1. The maximum Gasteiger partial charge on any atom is 0.306 e. The van der Waals surface area contributed by atoms with Gasteiger partial charge in [-0.25, -0.2) is 0 Å². The quantitative estimate of drug-likeness (QED) is 0.618. The van der Waals surface area contributed by atoms with Gasteiger partial charge in [0.05, 0.1) is 12.0 Å². The minimum Gasteiger partial charge on any atom is -0.481 e. The molecule has 20 heavy (non-hydrogen) atoms. The summed E-state index contributed by atoms with van der Waals surface area (Å²) in [6, 6.07) is 5.45. The zero-order valence-electron chi connectivity index (χ0n) is 11.3. The number of carboxylic acids is 1. The minimum atomic E-state index is -1.46. The standard InChI is InChI=1S/C14H18N2O4/c1-14(20,5-12(17)18)8-16-13(19)9-2-3-10-6-15-7-11(10)4-9/h2-4,15,20H,5-8H2,1H3,(H,16,19)(H,17,18). The summed E-state index contributed by atoms with van der Waals surface area (Å²) in [5.41, 5.74) is 1.33. The van der Waals surface area contributed by atoms with Gasteiger partial charge in [0.15, 0.2) is 0 Å². The van der Waals surface area contributed by atoms with Gasteiger partial charge in [0.1, 0.15) is 0 Å². The fraction of sp³-hybridized carbons (Fsp3) is 0.429. The fourth-order valence-corrected chi connectivity index (χ4v) is 2.20. The summed E-state index contributed by atoms with van der Waals surface area (Å²) in [6.07, 6.45) is -0.415. The third-order valence-electron chi connectivity index (χ3n) is 3.26. The van der Waals surface area contributed by atoms with Crippen molar-refractivity contribution in [2.75, 3.05) is 6.54 Å². The highest BCUT2D eigenvalue weighted by Crippen LogP contribution is 2.17. The summed E-state index contributed by atoms with van der Waals surface area (Å²) in [4.78, 5) is 22.6. The lowest BCUT2D eigenvalue weighted by Crippen LogP contribution is -2.42. The van der Waals surface area contributed by atoms with Gasteiger partial charge in [0.25, 0.3) is 5.91 Å². The number of hydrogen-bond acceptors (Lipinski definition) is 4. The smallest absolute Gasteiger partial charge is 0.306 e. The summed E-state index contributed by atoms with van der Waals surface area (Å²) in [6.45, 7) is 2.83. The predicted molar refractivity (Wildman–Crippen MR) is 72.2 cm³/mol. The van der Waals surface area contributed by atoms with E-state index in [1.807, 2.05) is 12.1 Å². The van der Waals surface area contributed by atoms with Crippen molar-refractivity contribution in [3.8, 4) is 0 Å². The molecule has 0 aliphatic carbocycles. The maximum atomic E-state index is 12.0. The highest BCUT2D eigenvalue weighted by atomic mass is 16.4. The summed E-state index contributed by atoms with van der Waals surface area (Å²) in [7, 11) is 0. The van der Waals surface area contributed by atoms with Crippen LogP contribution >= 0.6 is 0 Å². The molecule has 1 heterocycles. The Kier molecular flexibility index (Phi) is 4.06. The number of aliphatic hydroxyl groups is 1. The molecule has 1 atom stereocenters. The van der Waals surface area contributed by atoms with E-state index in [9.17, 15) is 14.7 Å². The van der Waals surface area contributed by atoms with Crippen molar-refractivity contribution in [2.45, 2.75) is 32.0 Å². The van der Waals surface area contributed by atoms with Gasteiger partial charge < -0.3 is 20.8 Å². The molecule has 6 heteroatoms. The van der Waals surface area contributed by atoms with E-state index in [4.69, 9.17) is 5.11 Å². The first-order valence-electron chi connectivity index (χ1n) is 6.42. The maximum absolute atomic E-state index is 12.0. The molecule has 1 aliphatic rings. The molecule has 1 unspecified atom stereocenters. The van der Waals surface area contributed by atoms with Crippen LogP contribution < -0.4 is 10.6 Å². The van der Waals surface area contributed by atoms with Crippen LogP contribution in [0.5, 0.6) is 0 Å². The molecule has 0 saturated carbocycles.